The van der Waals surface area contributed by atoms with Crippen LogP contribution in [0.15, 0.2) is 36.4 Å². The number of urea groups is 1. The maximum absolute atomic E-state index is 12.6. The summed E-state index contributed by atoms with van der Waals surface area (Å²) < 4.78 is 0. The van der Waals surface area contributed by atoms with Gasteiger partial charge in [-0.25, -0.2) is 4.79 Å². The monoisotopic (exact) mass is 328 g/mol. The topological polar surface area (TPSA) is 32.3 Å². The molecule has 1 aliphatic carbocycles. The van der Waals surface area contributed by atoms with E-state index < -0.39 is 0 Å². The fraction of sp³-hybridized carbons (Fsp3) is 0.421. The first-order valence-electron chi connectivity index (χ1n) is 8.21. The summed E-state index contributed by atoms with van der Waals surface area (Å²) in [5.41, 5.74) is 2.81. The van der Waals surface area contributed by atoms with E-state index in [1.54, 1.807) is 11.3 Å². The van der Waals surface area contributed by atoms with Crippen LogP contribution >= 0.6 is 11.3 Å². The quantitative estimate of drug-likeness (QED) is 0.894. The Morgan fingerprint density at radius 2 is 2.00 bits per heavy atom. The molecule has 2 atom stereocenters. The third kappa shape index (κ3) is 3.58. The van der Waals surface area contributed by atoms with Gasteiger partial charge in [-0.3, -0.25) is 0 Å². The molecule has 2 amide bonds. The van der Waals surface area contributed by atoms with Crippen LogP contribution in [0, 0.1) is 6.92 Å². The van der Waals surface area contributed by atoms with Crippen molar-refractivity contribution in [2.75, 3.05) is 7.05 Å². The van der Waals surface area contributed by atoms with Crippen LogP contribution in [-0.2, 0) is 12.8 Å². The minimum absolute atomic E-state index is 0.0212. The van der Waals surface area contributed by atoms with Gasteiger partial charge in [-0.05, 0) is 56.4 Å². The van der Waals surface area contributed by atoms with E-state index in [4.69, 9.17) is 0 Å². The van der Waals surface area contributed by atoms with Crippen LogP contribution in [0.3, 0.4) is 0 Å². The molecule has 1 heterocycles. The van der Waals surface area contributed by atoms with Crippen molar-refractivity contribution in [1.82, 2.24) is 10.2 Å². The van der Waals surface area contributed by atoms with E-state index in [-0.39, 0.29) is 18.1 Å². The van der Waals surface area contributed by atoms with Crippen LogP contribution in [0.4, 0.5) is 4.79 Å². The first-order chi connectivity index (χ1) is 11.0. The van der Waals surface area contributed by atoms with Crippen LogP contribution in [-0.4, -0.2) is 24.0 Å². The third-order valence-electron chi connectivity index (χ3n) is 4.72. The van der Waals surface area contributed by atoms with Crippen LogP contribution in [0.1, 0.15) is 40.3 Å². The molecule has 0 radical (unpaired) electrons. The van der Waals surface area contributed by atoms with Gasteiger partial charge in [-0.2, -0.15) is 0 Å². The molecule has 2 unspecified atom stereocenters. The Balaban J connectivity index is 1.62. The molecule has 0 aliphatic heterocycles. The molecule has 1 aromatic heterocycles. The van der Waals surface area contributed by atoms with Gasteiger partial charge in [0.2, 0.25) is 0 Å². The molecule has 3 nitrogen and oxygen atoms in total. The fourth-order valence-electron chi connectivity index (χ4n) is 3.22. The smallest absolute Gasteiger partial charge is 0.317 e. The highest BCUT2D eigenvalue weighted by atomic mass is 32.1. The van der Waals surface area contributed by atoms with Crippen molar-refractivity contribution >= 4 is 17.4 Å². The van der Waals surface area contributed by atoms with Crippen LogP contribution in [0.5, 0.6) is 0 Å². The van der Waals surface area contributed by atoms with Crippen molar-refractivity contribution in [2.24, 2.45) is 0 Å². The van der Waals surface area contributed by atoms with Gasteiger partial charge in [0.15, 0.2) is 0 Å². The standard InChI is InChI=1S/C19H24N2OS/c1-13-8-11-18(23-13)14(2)20-19(22)21(3)17-10-9-15-6-4-5-7-16(15)12-17/h4-8,11,14,17H,9-10,12H2,1-3H3,(H,20,22). The second kappa shape index (κ2) is 6.75. The molecule has 122 valence electrons. The predicted molar refractivity (Wildman–Crippen MR) is 96.0 cm³/mol. The Bertz CT molecular complexity index is 694. The van der Waals surface area contributed by atoms with E-state index in [1.165, 1.54) is 20.9 Å². The molecule has 1 aromatic carbocycles. The number of thiophene rings is 1. The largest absolute Gasteiger partial charge is 0.331 e. The van der Waals surface area contributed by atoms with Crippen molar-refractivity contribution in [3.05, 3.63) is 57.3 Å². The summed E-state index contributed by atoms with van der Waals surface area (Å²) in [5, 5.41) is 3.13. The fourth-order valence-corrected chi connectivity index (χ4v) is 4.10. The van der Waals surface area contributed by atoms with E-state index in [1.807, 2.05) is 18.9 Å². The summed E-state index contributed by atoms with van der Waals surface area (Å²) in [6, 6.07) is 13.1. The SMILES string of the molecule is Cc1ccc(C(C)NC(=O)N(C)C2CCc3ccccc3C2)s1. The van der Waals surface area contributed by atoms with E-state index in [9.17, 15) is 4.79 Å². The number of nitrogens with one attached hydrogen (secondary N) is 1. The molecule has 0 spiro atoms. The molecule has 23 heavy (non-hydrogen) atoms. The van der Waals surface area contributed by atoms with Gasteiger partial charge >= 0.3 is 6.03 Å². The third-order valence-corrected chi connectivity index (χ3v) is 5.90. The Labute approximate surface area is 142 Å². The Kier molecular flexibility index (Phi) is 4.71. The van der Waals surface area contributed by atoms with E-state index in [2.05, 4.69) is 48.6 Å². The van der Waals surface area contributed by atoms with E-state index >= 15 is 0 Å². The zero-order chi connectivity index (χ0) is 16.4. The zero-order valence-corrected chi connectivity index (χ0v) is 14.8. The first kappa shape index (κ1) is 16.1. The van der Waals surface area contributed by atoms with Gasteiger partial charge in [0.25, 0.3) is 0 Å². The molecule has 3 rings (SSSR count). The molecule has 0 saturated heterocycles. The number of rotatable bonds is 3. The second-order valence-corrected chi connectivity index (χ2v) is 7.72. The molecular formula is C19H24N2OS. The van der Waals surface area contributed by atoms with Crippen molar-refractivity contribution in [2.45, 2.75) is 45.2 Å². The highest BCUT2D eigenvalue weighted by molar-refractivity contribution is 7.12. The average molecular weight is 328 g/mol. The number of hydrogen-bond acceptors (Lipinski definition) is 2. The lowest BCUT2D eigenvalue weighted by Crippen LogP contribution is -2.46. The van der Waals surface area contributed by atoms with Gasteiger partial charge < -0.3 is 10.2 Å². The normalized spacial score (nSPS) is 18.1. The lowest BCUT2D eigenvalue weighted by atomic mass is 9.88. The summed E-state index contributed by atoms with van der Waals surface area (Å²) >= 11 is 1.74. The van der Waals surface area contributed by atoms with Crippen molar-refractivity contribution in [3.63, 3.8) is 0 Å². The van der Waals surface area contributed by atoms with Gasteiger partial charge in [-0.15, -0.1) is 11.3 Å². The number of fused-ring (bicyclic) bond motifs is 1. The molecule has 0 bridgehead atoms. The molecule has 0 fully saturated rings. The van der Waals surface area contributed by atoms with Crippen LogP contribution in [0.25, 0.3) is 0 Å². The Hall–Kier alpha value is -1.81. The maximum atomic E-state index is 12.6. The molecule has 2 aromatic rings. The molecular weight excluding hydrogens is 304 g/mol. The summed E-state index contributed by atoms with van der Waals surface area (Å²) in [4.78, 5) is 16.9. The van der Waals surface area contributed by atoms with Crippen molar-refractivity contribution < 1.29 is 4.79 Å². The molecule has 4 heteroatoms. The number of nitrogens with zero attached hydrogens (tertiary/aromatic N) is 1. The Morgan fingerprint density at radius 3 is 2.70 bits per heavy atom. The predicted octanol–water partition coefficient (Wildman–Crippen LogP) is 4.32. The van der Waals surface area contributed by atoms with Crippen molar-refractivity contribution in [1.29, 1.82) is 0 Å². The Morgan fingerprint density at radius 1 is 1.26 bits per heavy atom. The number of aryl methyl sites for hydroxylation is 2. The highest BCUT2D eigenvalue weighted by Gasteiger charge is 2.25. The lowest BCUT2D eigenvalue weighted by molar-refractivity contribution is 0.181. The average Bonchev–Trinajstić information content (AvgIpc) is 3.00. The highest BCUT2D eigenvalue weighted by Crippen LogP contribution is 2.25. The number of carbonyl (C=O) groups excluding carboxylic acids is 1. The zero-order valence-electron chi connectivity index (χ0n) is 14.0. The van der Waals surface area contributed by atoms with Gasteiger partial charge in [0, 0.05) is 22.8 Å². The van der Waals surface area contributed by atoms with Crippen molar-refractivity contribution in [3.8, 4) is 0 Å². The summed E-state index contributed by atoms with van der Waals surface area (Å²) in [6.07, 6.45) is 3.04. The summed E-state index contributed by atoms with van der Waals surface area (Å²) in [6.45, 7) is 4.14. The van der Waals surface area contributed by atoms with Gasteiger partial charge in [0.1, 0.15) is 0 Å². The maximum Gasteiger partial charge on any atom is 0.317 e. The molecule has 1 N–H and O–H groups in total. The number of hydrogen-bond donors (Lipinski definition) is 1. The summed E-state index contributed by atoms with van der Waals surface area (Å²) in [5.74, 6) is 0. The van der Waals surface area contributed by atoms with Gasteiger partial charge in [-0.1, -0.05) is 24.3 Å². The minimum Gasteiger partial charge on any atom is -0.331 e. The first-order valence-corrected chi connectivity index (χ1v) is 9.02. The lowest BCUT2D eigenvalue weighted by Gasteiger charge is -2.33. The van der Waals surface area contributed by atoms with E-state index in [0.29, 0.717) is 0 Å². The van der Waals surface area contributed by atoms with E-state index in [0.717, 1.165) is 19.3 Å². The number of amides is 2. The molecule has 0 saturated carbocycles. The second-order valence-electron chi connectivity index (χ2n) is 6.40. The minimum atomic E-state index is 0.0212. The number of carbonyl (C=O) groups is 1. The summed E-state index contributed by atoms with van der Waals surface area (Å²) in [7, 11) is 1.92. The number of likely N-dealkylation sites (N-methyl/N-ethyl adjacent to an activating group) is 1. The number of benzene rings is 1. The molecule has 1 aliphatic rings. The van der Waals surface area contributed by atoms with Crippen LogP contribution < -0.4 is 5.32 Å². The van der Waals surface area contributed by atoms with Gasteiger partial charge in [0.05, 0.1) is 6.04 Å². The van der Waals surface area contributed by atoms with Crippen LogP contribution in [0.2, 0.25) is 0 Å².